The SMILES string of the molecule is CC(C)Oc1cccc(C(NN)C2CSC(C)C(C)S2)c1. The second-order valence-corrected chi connectivity index (χ2v) is 8.83. The van der Waals surface area contributed by atoms with Gasteiger partial charge in [-0.15, -0.1) is 0 Å². The Morgan fingerprint density at radius 2 is 2.05 bits per heavy atom. The molecule has 0 aromatic heterocycles. The van der Waals surface area contributed by atoms with Crippen LogP contribution in [0.4, 0.5) is 0 Å². The lowest BCUT2D eigenvalue weighted by atomic mass is 10.0. The molecular weight excluding hydrogens is 300 g/mol. The quantitative estimate of drug-likeness (QED) is 0.639. The van der Waals surface area contributed by atoms with Crippen LogP contribution in [0.25, 0.3) is 0 Å². The van der Waals surface area contributed by atoms with Crippen molar-refractivity contribution in [2.75, 3.05) is 5.75 Å². The second kappa shape index (κ2) is 7.77. The minimum atomic E-state index is 0.160. The predicted octanol–water partition coefficient (Wildman–Crippen LogP) is 3.60. The highest BCUT2D eigenvalue weighted by Gasteiger charge is 2.31. The van der Waals surface area contributed by atoms with E-state index in [2.05, 4.69) is 31.4 Å². The summed E-state index contributed by atoms with van der Waals surface area (Å²) in [5.41, 5.74) is 4.22. The molecule has 2 rings (SSSR count). The van der Waals surface area contributed by atoms with Gasteiger partial charge in [-0.1, -0.05) is 26.0 Å². The van der Waals surface area contributed by atoms with Crippen molar-refractivity contribution in [3.05, 3.63) is 29.8 Å². The Kier molecular flexibility index (Phi) is 6.29. The molecule has 118 valence electrons. The van der Waals surface area contributed by atoms with E-state index in [-0.39, 0.29) is 12.1 Å². The van der Waals surface area contributed by atoms with Crippen molar-refractivity contribution in [2.24, 2.45) is 5.84 Å². The average molecular weight is 327 g/mol. The molecule has 1 aromatic rings. The van der Waals surface area contributed by atoms with Gasteiger partial charge in [-0.2, -0.15) is 23.5 Å². The molecule has 0 amide bonds. The van der Waals surface area contributed by atoms with Crippen molar-refractivity contribution >= 4 is 23.5 Å². The third-order valence-corrected chi connectivity index (χ3v) is 7.21. The maximum atomic E-state index is 5.85. The molecule has 3 N–H and O–H groups in total. The van der Waals surface area contributed by atoms with Crippen LogP contribution in [-0.4, -0.2) is 27.6 Å². The van der Waals surface area contributed by atoms with E-state index < -0.39 is 0 Å². The van der Waals surface area contributed by atoms with Crippen molar-refractivity contribution in [3.8, 4) is 5.75 Å². The van der Waals surface area contributed by atoms with Crippen LogP contribution < -0.4 is 16.0 Å². The van der Waals surface area contributed by atoms with Gasteiger partial charge in [0.25, 0.3) is 0 Å². The molecule has 1 heterocycles. The molecule has 3 nitrogen and oxygen atoms in total. The summed E-state index contributed by atoms with van der Waals surface area (Å²) >= 11 is 4.08. The minimum absolute atomic E-state index is 0.160. The third kappa shape index (κ3) is 4.55. The Labute approximate surface area is 136 Å². The van der Waals surface area contributed by atoms with Gasteiger partial charge in [0, 0.05) is 21.5 Å². The zero-order valence-corrected chi connectivity index (χ0v) is 14.8. The van der Waals surface area contributed by atoms with Gasteiger partial charge in [-0.3, -0.25) is 11.3 Å². The van der Waals surface area contributed by atoms with Crippen LogP contribution >= 0.6 is 23.5 Å². The van der Waals surface area contributed by atoms with E-state index >= 15 is 0 Å². The molecule has 1 saturated heterocycles. The number of nitrogens with two attached hydrogens (primary N) is 1. The number of hydrazine groups is 1. The molecule has 1 aliphatic heterocycles. The van der Waals surface area contributed by atoms with Crippen LogP contribution in [0, 0.1) is 0 Å². The maximum Gasteiger partial charge on any atom is 0.120 e. The minimum Gasteiger partial charge on any atom is -0.491 e. The number of hydrogen-bond donors (Lipinski definition) is 2. The number of benzene rings is 1. The molecule has 0 aliphatic carbocycles. The van der Waals surface area contributed by atoms with Crippen molar-refractivity contribution in [1.82, 2.24) is 5.43 Å². The first-order chi connectivity index (χ1) is 10.0. The summed E-state index contributed by atoms with van der Waals surface area (Å²) in [6.07, 6.45) is 0.185. The first-order valence-electron chi connectivity index (χ1n) is 7.51. The highest BCUT2D eigenvalue weighted by Crippen LogP contribution is 2.41. The summed E-state index contributed by atoms with van der Waals surface area (Å²) in [5, 5.41) is 1.85. The van der Waals surface area contributed by atoms with E-state index in [0.29, 0.717) is 15.7 Å². The lowest BCUT2D eigenvalue weighted by Crippen LogP contribution is -2.40. The van der Waals surface area contributed by atoms with Crippen LogP contribution in [0.2, 0.25) is 0 Å². The number of thioether (sulfide) groups is 2. The third-order valence-electron chi connectivity index (χ3n) is 3.71. The smallest absolute Gasteiger partial charge is 0.120 e. The van der Waals surface area contributed by atoms with Crippen LogP contribution in [0.15, 0.2) is 24.3 Å². The van der Waals surface area contributed by atoms with Gasteiger partial charge in [0.05, 0.1) is 12.1 Å². The van der Waals surface area contributed by atoms with Crippen LogP contribution in [0.1, 0.15) is 39.3 Å². The van der Waals surface area contributed by atoms with Crippen LogP contribution in [0.3, 0.4) is 0 Å². The monoisotopic (exact) mass is 326 g/mol. The fourth-order valence-electron chi connectivity index (χ4n) is 2.45. The Morgan fingerprint density at radius 3 is 2.67 bits per heavy atom. The molecular formula is C16H26N2OS2. The summed E-state index contributed by atoms with van der Waals surface area (Å²) < 4.78 is 5.79. The van der Waals surface area contributed by atoms with E-state index in [9.17, 15) is 0 Å². The summed E-state index contributed by atoms with van der Waals surface area (Å²) in [5.74, 6) is 7.89. The molecule has 5 heteroatoms. The van der Waals surface area contributed by atoms with Gasteiger partial charge in [0.1, 0.15) is 5.75 Å². The van der Waals surface area contributed by atoms with Gasteiger partial charge < -0.3 is 4.74 Å². The number of ether oxygens (including phenoxy) is 1. The zero-order valence-electron chi connectivity index (χ0n) is 13.2. The molecule has 1 fully saturated rings. The summed E-state index contributed by atoms with van der Waals surface area (Å²) in [7, 11) is 0. The lowest BCUT2D eigenvalue weighted by molar-refractivity contribution is 0.242. The van der Waals surface area contributed by atoms with Crippen molar-refractivity contribution in [1.29, 1.82) is 0 Å². The Morgan fingerprint density at radius 1 is 1.29 bits per heavy atom. The number of hydrogen-bond acceptors (Lipinski definition) is 5. The molecule has 1 aromatic carbocycles. The molecule has 21 heavy (non-hydrogen) atoms. The van der Waals surface area contributed by atoms with Gasteiger partial charge in [-0.25, -0.2) is 0 Å². The molecule has 0 spiro atoms. The molecule has 4 unspecified atom stereocenters. The summed E-state index contributed by atoms with van der Waals surface area (Å²) in [6.45, 7) is 8.70. The Hall–Kier alpha value is -0.360. The van der Waals surface area contributed by atoms with Crippen molar-refractivity contribution < 1.29 is 4.74 Å². The van der Waals surface area contributed by atoms with E-state index in [1.54, 1.807) is 0 Å². The molecule has 0 bridgehead atoms. The van der Waals surface area contributed by atoms with Gasteiger partial charge in [-0.05, 0) is 31.5 Å². The van der Waals surface area contributed by atoms with Gasteiger partial charge in [0.2, 0.25) is 0 Å². The Balaban J connectivity index is 2.13. The summed E-state index contributed by atoms with van der Waals surface area (Å²) in [6, 6.07) is 8.45. The number of rotatable bonds is 5. The highest BCUT2D eigenvalue weighted by atomic mass is 32.2. The second-order valence-electron chi connectivity index (χ2n) is 5.80. The highest BCUT2D eigenvalue weighted by molar-refractivity contribution is 8.07. The topological polar surface area (TPSA) is 47.3 Å². The largest absolute Gasteiger partial charge is 0.491 e. The average Bonchev–Trinajstić information content (AvgIpc) is 2.43. The zero-order chi connectivity index (χ0) is 15.4. The van der Waals surface area contributed by atoms with Crippen LogP contribution in [0.5, 0.6) is 5.75 Å². The van der Waals surface area contributed by atoms with Gasteiger partial charge >= 0.3 is 0 Å². The standard InChI is InChI=1S/C16H26N2OS2/c1-10(2)19-14-7-5-6-13(8-14)16(18-17)15-9-20-11(3)12(4)21-15/h5-8,10-12,15-16,18H,9,17H2,1-4H3. The first kappa shape index (κ1) is 17.0. The molecule has 4 atom stereocenters. The van der Waals surface area contributed by atoms with Gasteiger partial charge in [0.15, 0.2) is 0 Å². The summed E-state index contributed by atoms with van der Waals surface area (Å²) in [4.78, 5) is 0. The predicted molar refractivity (Wildman–Crippen MR) is 95.0 cm³/mol. The van der Waals surface area contributed by atoms with Crippen molar-refractivity contribution in [2.45, 2.75) is 55.6 Å². The lowest BCUT2D eigenvalue weighted by Gasteiger charge is -2.35. The molecule has 0 saturated carbocycles. The number of nitrogens with one attached hydrogen (secondary N) is 1. The maximum absolute atomic E-state index is 5.85. The van der Waals surface area contributed by atoms with Crippen molar-refractivity contribution in [3.63, 3.8) is 0 Å². The first-order valence-corrected chi connectivity index (χ1v) is 9.50. The van der Waals surface area contributed by atoms with E-state index in [0.717, 1.165) is 11.5 Å². The normalized spacial score (nSPS) is 27.6. The fourth-order valence-corrected chi connectivity index (χ4v) is 5.55. The van der Waals surface area contributed by atoms with E-state index in [1.807, 2.05) is 49.5 Å². The van der Waals surface area contributed by atoms with E-state index in [4.69, 9.17) is 10.6 Å². The molecule has 0 radical (unpaired) electrons. The van der Waals surface area contributed by atoms with Crippen LogP contribution in [-0.2, 0) is 0 Å². The van der Waals surface area contributed by atoms with E-state index in [1.165, 1.54) is 5.56 Å². The Bertz CT molecular complexity index is 456. The molecule has 1 aliphatic rings. The fraction of sp³-hybridized carbons (Fsp3) is 0.625.